The molecule has 0 saturated heterocycles. The highest BCUT2D eigenvalue weighted by Crippen LogP contribution is 2.33. The van der Waals surface area contributed by atoms with Crippen molar-refractivity contribution in [3.05, 3.63) is 29.3 Å². The minimum atomic E-state index is -1.32. The van der Waals surface area contributed by atoms with Gasteiger partial charge in [-0.05, 0) is 6.92 Å². The summed E-state index contributed by atoms with van der Waals surface area (Å²) in [4.78, 5) is 15.0. The van der Waals surface area contributed by atoms with Gasteiger partial charge in [-0.1, -0.05) is 0 Å². The first-order valence-corrected chi connectivity index (χ1v) is 6.67. The van der Waals surface area contributed by atoms with E-state index in [0.717, 1.165) is 12.1 Å². The van der Waals surface area contributed by atoms with Crippen LogP contribution in [0.25, 0.3) is 0 Å². The molecule has 0 aromatic heterocycles. The van der Waals surface area contributed by atoms with Gasteiger partial charge >= 0.3 is 6.09 Å². The number of rotatable bonds is 4. The first kappa shape index (κ1) is 16.0. The number of nitrogens with one attached hydrogen (secondary N) is 1. The monoisotopic (exact) mass is 314 g/mol. The first-order chi connectivity index (χ1) is 10.5. The highest BCUT2D eigenvalue weighted by atomic mass is 19.1. The van der Waals surface area contributed by atoms with Crippen LogP contribution in [0.3, 0.4) is 0 Å². The number of benzene rings is 1. The molecule has 0 unspecified atom stereocenters. The third-order valence-electron chi connectivity index (χ3n) is 3.34. The average molecular weight is 314 g/mol. The van der Waals surface area contributed by atoms with Crippen LogP contribution in [0.1, 0.15) is 18.4 Å². The standard InChI is InChI=1S/C14H16F2N2O4/c1-3-22-13-12(18-14(19)20)8(6-17-13)11-9(15)4-7(21-2)5-10(11)16/h4-5,8,12,18H,3,6H2,1-2H3,(H,19,20)/t8-,12-/m1/s1. The summed E-state index contributed by atoms with van der Waals surface area (Å²) in [5, 5.41) is 11.1. The van der Waals surface area contributed by atoms with E-state index in [9.17, 15) is 13.6 Å². The Balaban J connectivity index is 2.37. The van der Waals surface area contributed by atoms with Crippen LogP contribution in [0.4, 0.5) is 13.6 Å². The second-order valence-corrected chi connectivity index (χ2v) is 4.65. The number of ether oxygens (including phenoxy) is 2. The van der Waals surface area contributed by atoms with Gasteiger partial charge in [0.25, 0.3) is 0 Å². The molecule has 8 heteroatoms. The van der Waals surface area contributed by atoms with Crippen molar-refractivity contribution in [3.63, 3.8) is 0 Å². The molecule has 2 N–H and O–H groups in total. The summed E-state index contributed by atoms with van der Waals surface area (Å²) >= 11 is 0. The van der Waals surface area contributed by atoms with Gasteiger partial charge in [-0.2, -0.15) is 0 Å². The molecule has 0 radical (unpaired) electrons. The number of hydrogen-bond donors (Lipinski definition) is 2. The van der Waals surface area contributed by atoms with E-state index >= 15 is 0 Å². The molecule has 6 nitrogen and oxygen atoms in total. The quantitative estimate of drug-likeness (QED) is 0.892. The van der Waals surface area contributed by atoms with Crippen molar-refractivity contribution in [3.8, 4) is 5.75 Å². The fourth-order valence-electron chi connectivity index (χ4n) is 2.43. The Hall–Kier alpha value is -2.38. The lowest BCUT2D eigenvalue weighted by molar-refractivity contribution is 0.189. The lowest BCUT2D eigenvalue weighted by Crippen LogP contribution is -2.43. The van der Waals surface area contributed by atoms with Gasteiger partial charge in [0.2, 0.25) is 5.90 Å². The lowest BCUT2D eigenvalue weighted by atomic mass is 9.92. The zero-order chi connectivity index (χ0) is 16.3. The van der Waals surface area contributed by atoms with E-state index < -0.39 is 29.7 Å². The van der Waals surface area contributed by atoms with E-state index in [2.05, 4.69) is 10.3 Å². The normalized spacial score (nSPS) is 20.5. The Morgan fingerprint density at radius 1 is 1.45 bits per heavy atom. The molecule has 1 aliphatic heterocycles. The Kier molecular flexibility index (Phi) is 4.79. The second-order valence-electron chi connectivity index (χ2n) is 4.65. The van der Waals surface area contributed by atoms with Crippen LogP contribution in [0.5, 0.6) is 5.75 Å². The van der Waals surface area contributed by atoms with E-state index in [1.165, 1.54) is 7.11 Å². The maximum atomic E-state index is 14.2. The number of hydrogen-bond acceptors (Lipinski definition) is 4. The van der Waals surface area contributed by atoms with Crippen LogP contribution < -0.4 is 10.1 Å². The van der Waals surface area contributed by atoms with E-state index in [1.807, 2.05) is 0 Å². The minimum absolute atomic E-state index is 0.0282. The number of carboxylic acid groups (broad SMARTS) is 1. The van der Waals surface area contributed by atoms with Crippen LogP contribution >= 0.6 is 0 Å². The molecule has 2 atom stereocenters. The van der Waals surface area contributed by atoms with Gasteiger partial charge in [-0.25, -0.2) is 13.6 Å². The molecule has 120 valence electrons. The van der Waals surface area contributed by atoms with Gasteiger partial charge in [0.05, 0.1) is 20.3 Å². The highest BCUT2D eigenvalue weighted by Gasteiger charge is 2.38. The summed E-state index contributed by atoms with van der Waals surface area (Å²) in [7, 11) is 1.30. The first-order valence-electron chi connectivity index (χ1n) is 6.67. The zero-order valence-corrected chi connectivity index (χ0v) is 12.1. The molecule has 0 fully saturated rings. The number of amides is 1. The summed E-state index contributed by atoms with van der Waals surface area (Å²) in [5.74, 6) is -2.27. The average Bonchev–Trinajstić information content (AvgIpc) is 2.81. The van der Waals surface area contributed by atoms with Crippen molar-refractivity contribution in [2.45, 2.75) is 18.9 Å². The van der Waals surface area contributed by atoms with Crippen molar-refractivity contribution in [1.82, 2.24) is 5.32 Å². The minimum Gasteiger partial charge on any atom is -0.497 e. The SMILES string of the molecule is CCOC1=NC[C@H](c2c(F)cc(OC)cc2F)[C@H]1NC(=O)O. The molecular weight excluding hydrogens is 298 g/mol. The molecule has 2 rings (SSSR count). The van der Waals surface area contributed by atoms with Gasteiger partial charge in [-0.3, -0.25) is 4.99 Å². The van der Waals surface area contributed by atoms with Gasteiger partial charge in [0.15, 0.2) is 0 Å². The number of aliphatic imine (C=N–C) groups is 1. The topological polar surface area (TPSA) is 80.2 Å². The highest BCUT2D eigenvalue weighted by molar-refractivity contribution is 5.88. The molecule has 1 heterocycles. The smallest absolute Gasteiger partial charge is 0.405 e. The molecule has 0 saturated carbocycles. The molecule has 1 aromatic carbocycles. The molecule has 0 spiro atoms. The second kappa shape index (κ2) is 6.59. The number of methoxy groups -OCH3 is 1. The summed E-state index contributed by atoms with van der Waals surface area (Å²) in [6, 6.07) is 1.17. The Bertz CT molecular complexity index is 584. The van der Waals surface area contributed by atoms with E-state index in [1.54, 1.807) is 6.92 Å². The Labute approximate surface area is 125 Å². The largest absolute Gasteiger partial charge is 0.497 e. The number of carbonyl (C=O) groups is 1. The van der Waals surface area contributed by atoms with Crippen molar-refractivity contribution in [2.24, 2.45) is 4.99 Å². The molecule has 0 aliphatic carbocycles. The van der Waals surface area contributed by atoms with Gasteiger partial charge in [-0.15, -0.1) is 0 Å². The lowest BCUT2D eigenvalue weighted by Gasteiger charge is -2.22. The van der Waals surface area contributed by atoms with Gasteiger partial charge < -0.3 is 19.9 Å². The summed E-state index contributed by atoms with van der Waals surface area (Å²) in [6.45, 7) is 2.01. The molecule has 1 aromatic rings. The molecule has 1 amide bonds. The van der Waals surface area contributed by atoms with Crippen LogP contribution in [0, 0.1) is 11.6 Å². The Morgan fingerprint density at radius 2 is 2.09 bits per heavy atom. The maximum absolute atomic E-state index is 14.2. The predicted octanol–water partition coefficient (Wildman–Crippen LogP) is 2.14. The summed E-state index contributed by atoms with van der Waals surface area (Å²) in [5.41, 5.74) is -0.238. The third kappa shape index (κ3) is 3.10. The van der Waals surface area contributed by atoms with Crippen molar-refractivity contribution in [1.29, 1.82) is 0 Å². The van der Waals surface area contributed by atoms with Crippen molar-refractivity contribution in [2.75, 3.05) is 20.3 Å². The maximum Gasteiger partial charge on any atom is 0.405 e. The fraction of sp³-hybridized carbons (Fsp3) is 0.429. The molecule has 1 aliphatic rings. The van der Waals surface area contributed by atoms with Crippen LogP contribution in [-0.4, -0.2) is 43.4 Å². The number of nitrogens with zero attached hydrogens (tertiary/aromatic N) is 1. The molecular formula is C14H16F2N2O4. The number of halogens is 2. The van der Waals surface area contributed by atoms with E-state index in [4.69, 9.17) is 14.6 Å². The zero-order valence-electron chi connectivity index (χ0n) is 12.1. The van der Waals surface area contributed by atoms with Crippen molar-refractivity contribution < 1.29 is 28.2 Å². The van der Waals surface area contributed by atoms with Crippen molar-refractivity contribution >= 4 is 12.0 Å². The van der Waals surface area contributed by atoms with Crippen LogP contribution in [-0.2, 0) is 4.74 Å². The van der Waals surface area contributed by atoms with Gasteiger partial charge in [0, 0.05) is 23.6 Å². The van der Waals surface area contributed by atoms with Crippen LogP contribution in [0.2, 0.25) is 0 Å². The Morgan fingerprint density at radius 3 is 2.59 bits per heavy atom. The van der Waals surface area contributed by atoms with Gasteiger partial charge in [0.1, 0.15) is 23.4 Å². The predicted molar refractivity (Wildman–Crippen MR) is 74.5 cm³/mol. The van der Waals surface area contributed by atoms with E-state index in [-0.39, 0.29) is 30.4 Å². The third-order valence-corrected chi connectivity index (χ3v) is 3.34. The summed E-state index contributed by atoms with van der Waals surface area (Å²) in [6.07, 6.45) is -1.32. The molecule has 22 heavy (non-hydrogen) atoms. The van der Waals surface area contributed by atoms with Crippen LogP contribution in [0.15, 0.2) is 17.1 Å². The summed E-state index contributed by atoms with van der Waals surface area (Å²) < 4.78 is 38.4. The molecule has 0 bridgehead atoms. The van der Waals surface area contributed by atoms with E-state index in [0.29, 0.717) is 0 Å². The fourth-order valence-corrected chi connectivity index (χ4v) is 2.43.